The minimum absolute atomic E-state index is 0.250. The van der Waals surface area contributed by atoms with Crippen LogP contribution < -0.4 is 0 Å². The molecule has 1 aromatic heterocycles. The van der Waals surface area contributed by atoms with Gasteiger partial charge in [-0.2, -0.15) is 11.8 Å². The van der Waals surface area contributed by atoms with Crippen molar-refractivity contribution in [3.8, 4) is 0 Å². The van der Waals surface area contributed by atoms with E-state index in [0.29, 0.717) is 18.1 Å². The zero-order chi connectivity index (χ0) is 12.0. The molecule has 1 heterocycles. The van der Waals surface area contributed by atoms with Crippen molar-refractivity contribution < 1.29 is 4.79 Å². The molecule has 0 amide bonds. The number of pyridine rings is 1. The van der Waals surface area contributed by atoms with Gasteiger partial charge in [0.1, 0.15) is 5.78 Å². The monoisotopic (exact) mass is 301 g/mol. The smallest absolute Gasteiger partial charge is 0.148 e. The number of carbonyl (C=O) groups excluding carboxylic acids is 1. The van der Waals surface area contributed by atoms with Crippen LogP contribution in [0.15, 0.2) is 22.8 Å². The quantitative estimate of drug-likeness (QED) is 0.807. The highest BCUT2D eigenvalue weighted by Gasteiger charge is 2.05. The largest absolute Gasteiger partial charge is 0.298 e. The van der Waals surface area contributed by atoms with Gasteiger partial charge in [-0.25, -0.2) is 0 Å². The molecule has 4 heteroatoms. The number of nitrogens with zero attached hydrogens (tertiary/aromatic N) is 1. The van der Waals surface area contributed by atoms with Crippen LogP contribution in [0.3, 0.4) is 0 Å². The second kappa shape index (κ2) is 7.07. The fourth-order valence-electron chi connectivity index (χ4n) is 1.17. The second-order valence-corrected chi connectivity index (χ2v) is 6.04. The Labute approximate surface area is 109 Å². The lowest BCUT2D eigenvalue weighted by Crippen LogP contribution is -2.08. The van der Waals surface area contributed by atoms with Gasteiger partial charge in [0, 0.05) is 22.8 Å². The molecule has 0 aliphatic heterocycles. The van der Waals surface area contributed by atoms with Crippen LogP contribution in [0, 0.1) is 5.92 Å². The Bertz CT molecular complexity index is 337. The van der Waals surface area contributed by atoms with Crippen molar-refractivity contribution in [2.45, 2.75) is 20.3 Å². The maximum Gasteiger partial charge on any atom is 0.148 e. The summed E-state index contributed by atoms with van der Waals surface area (Å²) in [5.74, 6) is 2.53. The molecule has 0 unspecified atom stereocenters. The molecule has 0 bridgehead atoms. The maximum absolute atomic E-state index is 11.6. The van der Waals surface area contributed by atoms with Crippen molar-refractivity contribution in [2.75, 3.05) is 11.5 Å². The molecule has 0 saturated carbocycles. The normalized spacial score (nSPS) is 10.8. The van der Waals surface area contributed by atoms with E-state index in [2.05, 4.69) is 34.8 Å². The zero-order valence-electron chi connectivity index (χ0n) is 9.57. The summed E-state index contributed by atoms with van der Waals surface area (Å²) in [6, 6.07) is 3.80. The summed E-state index contributed by atoms with van der Waals surface area (Å²) in [6.07, 6.45) is 2.17. The molecule has 2 nitrogen and oxygen atoms in total. The molecule has 0 aromatic carbocycles. The third kappa shape index (κ3) is 5.66. The van der Waals surface area contributed by atoms with E-state index in [1.54, 1.807) is 18.0 Å². The number of ketones is 1. The average Bonchev–Trinajstić information content (AvgIpc) is 2.21. The molecule has 16 heavy (non-hydrogen) atoms. The lowest BCUT2D eigenvalue weighted by atomic mass is 10.2. The third-order valence-corrected chi connectivity index (χ3v) is 3.78. The standard InChI is InChI=1S/C12H16BrNOS/c1-9(2)7-16-8-12(15)5-11-4-3-10(13)6-14-11/h3-4,6,9H,5,7-8H2,1-2H3. The number of hydrogen-bond donors (Lipinski definition) is 0. The summed E-state index contributed by atoms with van der Waals surface area (Å²) >= 11 is 5.02. The van der Waals surface area contributed by atoms with Crippen molar-refractivity contribution in [3.05, 3.63) is 28.5 Å². The van der Waals surface area contributed by atoms with Crippen LogP contribution in [0.1, 0.15) is 19.5 Å². The highest BCUT2D eigenvalue weighted by Crippen LogP contribution is 2.10. The first-order valence-electron chi connectivity index (χ1n) is 5.28. The number of thioether (sulfide) groups is 1. The van der Waals surface area contributed by atoms with Gasteiger partial charge in [-0.3, -0.25) is 9.78 Å². The molecule has 0 radical (unpaired) electrons. The van der Waals surface area contributed by atoms with Crippen LogP contribution in [0.4, 0.5) is 0 Å². The molecule has 0 aliphatic carbocycles. The summed E-state index contributed by atoms with van der Waals surface area (Å²) in [6.45, 7) is 4.32. The van der Waals surface area contributed by atoms with E-state index in [-0.39, 0.29) is 5.78 Å². The Hall–Kier alpha value is -0.350. The average molecular weight is 302 g/mol. The Kier molecular flexibility index (Phi) is 6.06. The Morgan fingerprint density at radius 3 is 2.81 bits per heavy atom. The summed E-state index contributed by atoms with van der Waals surface area (Å²) in [5, 5.41) is 0. The van der Waals surface area contributed by atoms with E-state index in [0.717, 1.165) is 15.9 Å². The number of carbonyl (C=O) groups is 1. The van der Waals surface area contributed by atoms with Crippen molar-refractivity contribution >= 4 is 33.5 Å². The highest BCUT2D eigenvalue weighted by molar-refractivity contribution is 9.10. The number of Topliss-reactive ketones (excluding diaryl/α,β-unsaturated/α-hetero) is 1. The molecule has 1 rings (SSSR count). The molecule has 0 aliphatic rings. The number of rotatable bonds is 6. The van der Waals surface area contributed by atoms with E-state index in [9.17, 15) is 4.79 Å². The van der Waals surface area contributed by atoms with E-state index in [4.69, 9.17) is 0 Å². The van der Waals surface area contributed by atoms with Crippen LogP contribution in [0.2, 0.25) is 0 Å². The van der Waals surface area contributed by atoms with E-state index in [1.807, 2.05) is 12.1 Å². The van der Waals surface area contributed by atoms with Gasteiger partial charge in [-0.15, -0.1) is 0 Å². The molecular weight excluding hydrogens is 286 g/mol. The van der Waals surface area contributed by atoms with Gasteiger partial charge in [-0.1, -0.05) is 13.8 Å². The first kappa shape index (κ1) is 13.7. The van der Waals surface area contributed by atoms with Gasteiger partial charge in [0.2, 0.25) is 0 Å². The molecule has 88 valence electrons. The first-order valence-corrected chi connectivity index (χ1v) is 7.22. The number of hydrogen-bond acceptors (Lipinski definition) is 3. The van der Waals surface area contributed by atoms with Crippen molar-refractivity contribution in [2.24, 2.45) is 5.92 Å². The SMILES string of the molecule is CC(C)CSCC(=O)Cc1ccc(Br)cn1. The van der Waals surface area contributed by atoms with Crippen molar-refractivity contribution in [1.29, 1.82) is 0 Å². The van der Waals surface area contributed by atoms with E-state index in [1.165, 1.54) is 0 Å². The maximum atomic E-state index is 11.6. The molecular formula is C12H16BrNOS. The number of aromatic nitrogens is 1. The molecule has 0 saturated heterocycles. The minimum atomic E-state index is 0.250. The first-order chi connectivity index (χ1) is 7.58. The fourth-order valence-corrected chi connectivity index (χ4v) is 2.33. The van der Waals surface area contributed by atoms with Crippen LogP contribution in [-0.2, 0) is 11.2 Å². The van der Waals surface area contributed by atoms with Gasteiger partial charge in [0.25, 0.3) is 0 Å². The highest BCUT2D eigenvalue weighted by atomic mass is 79.9. The van der Waals surface area contributed by atoms with Crippen LogP contribution in [0.25, 0.3) is 0 Å². The lowest BCUT2D eigenvalue weighted by molar-refractivity contribution is -0.116. The zero-order valence-corrected chi connectivity index (χ0v) is 12.0. The molecule has 0 spiro atoms. The molecule has 0 fully saturated rings. The predicted octanol–water partition coefficient (Wildman–Crippen LogP) is 3.34. The van der Waals surface area contributed by atoms with Crippen LogP contribution >= 0.6 is 27.7 Å². The van der Waals surface area contributed by atoms with Gasteiger partial charge >= 0.3 is 0 Å². The fraction of sp³-hybridized carbons (Fsp3) is 0.500. The Morgan fingerprint density at radius 1 is 1.50 bits per heavy atom. The third-order valence-electron chi connectivity index (χ3n) is 1.88. The Balaban J connectivity index is 2.31. The lowest BCUT2D eigenvalue weighted by Gasteiger charge is -2.03. The second-order valence-electron chi connectivity index (χ2n) is 4.09. The summed E-state index contributed by atoms with van der Waals surface area (Å²) < 4.78 is 0.942. The molecule has 1 aromatic rings. The van der Waals surface area contributed by atoms with Crippen LogP contribution in [0.5, 0.6) is 0 Å². The van der Waals surface area contributed by atoms with Gasteiger partial charge in [0.15, 0.2) is 0 Å². The Morgan fingerprint density at radius 2 is 2.25 bits per heavy atom. The van der Waals surface area contributed by atoms with Crippen molar-refractivity contribution in [3.63, 3.8) is 0 Å². The topological polar surface area (TPSA) is 30.0 Å². The van der Waals surface area contributed by atoms with Gasteiger partial charge < -0.3 is 0 Å². The minimum Gasteiger partial charge on any atom is -0.298 e. The van der Waals surface area contributed by atoms with Gasteiger partial charge in [0.05, 0.1) is 5.75 Å². The summed E-state index contributed by atoms with van der Waals surface area (Å²) in [4.78, 5) is 15.8. The van der Waals surface area contributed by atoms with Crippen LogP contribution in [-0.4, -0.2) is 22.3 Å². The molecule has 0 N–H and O–H groups in total. The van der Waals surface area contributed by atoms with Crippen molar-refractivity contribution in [1.82, 2.24) is 4.98 Å². The van der Waals surface area contributed by atoms with E-state index < -0.39 is 0 Å². The number of halogens is 1. The predicted molar refractivity (Wildman–Crippen MR) is 72.8 cm³/mol. The van der Waals surface area contributed by atoms with E-state index >= 15 is 0 Å². The van der Waals surface area contributed by atoms with Gasteiger partial charge in [-0.05, 0) is 39.7 Å². The summed E-state index contributed by atoms with van der Waals surface area (Å²) in [7, 11) is 0. The molecule has 0 atom stereocenters. The summed E-state index contributed by atoms with van der Waals surface area (Å²) in [5.41, 5.74) is 0.846.